The third-order valence-corrected chi connectivity index (χ3v) is 4.69. The number of rotatable bonds is 6. The number of amides is 1. The lowest BCUT2D eigenvalue weighted by Gasteiger charge is -2.34. The van der Waals surface area contributed by atoms with E-state index in [0.717, 1.165) is 0 Å². The van der Waals surface area contributed by atoms with Crippen molar-refractivity contribution in [2.45, 2.75) is 19.4 Å². The predicted molar refractivity (Wildman–Crippen MR) is 88.7 cm³/mol. The Kier molecular flexibility index (Phi) is 6.02. The molecule has 9 heteroatoms. The largest absolute Gasteiger partial charge is 0.487 e. The molecule has 8 nitrogen and oxygen atoms in total. The average molecular weight is 354 g/mol. The summed E-state index contributed by atoms with van der Waals surface area (Å²) in [6.45, 7) is 2.41. The molecule has 0 spiro atoms. The third-order valence-electron chi connectivity index (χ3n) is 3.60. The predicted octanol–water partition coefficient (Wildman–Crippen LogP) is 2.03. The highest BCUT2D eigenvalue weighted by Crippen LogP contribution is 2.29. The van der Waals surface area contributed by atoms with Gasteiger partial charge in [0, 0.05) is 29.7 Å². The fourth-order valence-corrected chi connectivity index (χ4v) is 3.59. The van der Waals surface area contributed by atoms with Gasteiger partial charge in [-0.05, 0) is 19.1 Å². The van der Waals surface area contributed by atoms with Crippen LogP contribution in [0.2, 0.25) is 0 Å². The lowest BCUT2D eigenvalue weighted by Crippen LogP contribution is -2.47. The molecule has 1 aliphatic rings. The lowest BCUT2D eigenvalue weighted by atomic mass is 10.1. The Morgan fingerprint density at radius 3 is 2.88 bits per heavy atom. The number of nitro benzene ring substituents is 1. The van der Waals surface area contributed by atoms with Gasteiger partial charge in [-0.1, -0.05) is 0 Å². The molecule has 0 radical (unpaired) electrons. The van der Waals surface area contributed by atoms with Gasteiger partial charge in [-0.25, -0.2) is 0 Å². The van der Waals surface area contributed by atoms with E-state index >= 15 is 0 Å². The second-order valence-corrected chi connectivity index (χ2v) is 6.35. The van der Waals surface area contributed by atoms with Crippen molar-refractivity contribution >= 4 is 29.3 Å². The number of carboxylic acid groups (broad SMARTS) is 1. The molecule has 1 amide bonds. The second-order valence-electron chi connectivity index (χ2n) is 5.20. The summed E-state index contributed by atoms with van der Waals surface area (Å²) < 4.78 is 5.20. The molecule has 0 bridgehead atoms. The smallest absolute Gasteiger partial charge is 0.311 e. The summed E-state index contributed by atoms with van der Waals surface area (Å²) >= 11 is 1.59. The van der Waals surface area contributed by atoms with E-state index in [4.69, 9.17) is 9.84 Å². The number of aliphatic carboxylic acids is 1. The van der Waals surface area contributed by atoms with Gasteiger partial charge in [0.05, 0.1) is 24.0 Å². The molecule has 1 heterocycles. The van der Waals surface area contributed by atoms with E-state index in [9.17, 15) is 19.7 Å². The third kappa shape index (κ3) is 4.16. The molecule has 130 valence electrons. The van der Waals surface area contributed by atoms with Gasteiger partial charge in [0.25, 0.3) is 5.91 Å². The quantitative estimate of drug-likeness (QED) is 0.614. The highest BCUT2D eigenvalue weighted by molar-refractivity contribution is 7.99. The van der Waals surface area contributed by atoms with Crippen LogP contribution >= 0.6 is 11.8 Å². The minimum Gasteiger partial charge on any atom is -0.487 e. The van der Waals surface area contributed by atoms with Crippen molar-refractivity contribution in [3.05, 3.63) is 33.9 Å². The number of carboxylic acids is 1. The zero-order valence-corrected chi connectivity index (χ0v) is 14.0. The molecule has 1 unspecified atom stereocenters. The summed E-state index contributed by atoms with van der Waals surface area (Å²) in [6, 6.07) is 3.64. The van der Waals surface area contributed by atoms with E-state index in [2.05, 4.69) is 0 Å². The second kappa shape index (κ2) is 8.00. The monoisotopic (exact) mass is 354 g/mol. The molecule has 0 saturated carbocycles. The van der Waals surface area contributed by atoms with Crippen LogP contribution < -0.4 is 4.74 Å². The fourth-order valence-electron chi connectivity index (χ4n) is 2.53. The van der Waals surface area contributed by atoms with Gasteiger partial charge < -0.3 is 14.7 Å². The van der Waals surface area contributed by atoms with Gasteiger partial charge in [-0.3, -0.25) is 19.7 Å². The van der Waals surface area contributed by atoms with Crippen molar-refractivity contribution < 1.29 is 24.4 Å². The van der Waals surface area contributed by atoms with Crippen LogP contribution in [0.5, 0.6) is 5.75 Å². The number of nitrogens with zero attached hydrogens (tertiary/aromatic N) is 2. The Balaban J connectivity index is 2.28. The van der Waals surface area contributed by atoms with Crippen LogP contribution in [0.3, 0.4) is 0 Å². The maximum atomic E-state index is 12.7. The normalized spacial score (nSPS) is 17.4. The summed E-state index contributed by atoms with van der Waals surface area (Å²) in [7, 11) is 0. The molecular weight excluding hydrogens is 336 g/mol. The number of hydrogen-bond acceptors (Lipinski definition) is 6. The van der Waals surface area contributed by atoms with E-state index in [1.165, 1.54) is 23.1 Å². The van der Waals surface area contributed by atoms with E-state index in [0.29, 0.717) is 18.1 Å². The number of benzene rings is 1. The molecule has 1 fully saturated rings. The van der Waals surface area contributed by atoms with Crippen molar-refractivity contribution in [3.8, 4) is 5.75 Å². The first-order valence-electron chi connectivity index (χ1n) is 7.45. The Bertz CT molecular complexity index is 651. The average Bonchev–Trinajstić information content (AvgIpc) is 2.54. The van der Waals surface area contributed by atoms with Gasteiger partial charge in [0.2, 0.25) is 0 Å². The van der Waals surface area contributed by atoms with Crippen molar-refractivity contribution in [3.63, 3.8) is 0 Å². The molecule has 0 aliphatic carbocycles. The topological polar surface area (TPSA) is 110 Å². The summed E-state index contributed by atoms with van der Waals surface area (Å²) in [5, 5.41) is 20.2. The molecule has 24 heavy (non-hydrogen) atoms. The lowest BCUT2D eigenvalue weighted by molar-refractivity contribution is -0.385. The van der Waals surface area contributed by atoms with Crippen LogP contribution in [0, 0.1) is 10.1 Å². The first kappa shape index (κ1) is 18.1. The number of carbonyl (C=O) groups excluding carboxylic acids is 1. The molecule has 1 aromatic rings. The first-order chi connectivity index (χ1) is 11.4. The highest BCUT2D eigenvalue weighted by atomic mass is 32.2. The Morgan fingerprint density at radius 2 is 2.25 bits per heavy atom. The van der Waals surface area contributed by atoms with Crippen LogP contribution in [0.15, 0.2) is 18.2 Å². The maximum Gasteiger partial charge on any atom is 0.311 e. The minimum atomic E-state index is -0.974. The van der Waals surface area contributed by atoms with Crippen LogP contribution in [0.4, 0.5) is 5.69 Å². The molecule has 2 rings (SSSR count). The van der Waals surface area contributed by atoms with E-state index in [1.807, 2.05) is 0 Å². The Morgan fingerprint density at radius 1 is 1.50 bits per heavy atom. The van der Waals surface area contributed by atoms with Gasteiger partial charge in [-0.15, -0.1) is 0 Å². The molecule has 1 atom stereocenters. The van der Waals surface area contributed by atoms with Crippen LogP contribution in [0.25, 0.3) is 0 Å². The van der Waals surface area contributed by atoms with Gasteiger partial charge >= 0.3 is 11.7 Å². The maximum absolute atomic E-state index is 12.7. The molecular formula is C15H18N2O6S. The first-order valence-corrected chi connectivity index (χ1v) is 8.61. The Labute approximate surface area is 142 Å². The summed E-state index contributed by atoms with van der Waals surface area (Å²) in [4.78, 5) is 35.7. The van der Waals surface area contributed by atoms with Crippen molar-refractivity contribution in [1.82, 2.24) is 4.90 Å². The van der Waals surface area contributed by atoms with Gasteiger partial charge in [-0.2, -0.15) is 11.8 Å². The number of ether oxygens (including phenoxy) is 1. The molecule has 0 aromatic heterocycles. The van der Waals surface area contributed by atoms with E-state index in [-0.39, 0.29) is 30.0 Å². The van der Waals surface area contributed by atoms with Crippen LogP contribution in [0.1, 0.15) is 23.7 Å². The zero-order valence-electron chi connectivity index (χ0n) is 13.1. The molecule has 1 aromatic carbocycles. The number of carbonyl (C=O) groups is 2. The fraction of sp³-hybridized carbons (Fsp3) is 0.467. The summed E-state index contributed by atoms with van der Waals surface area (Å²) in [6.07, 6.45) is -0.141. The van der Waals surface area contributed by atoms with Gasteiger partial charge in [0.1, 0.15) is 0 Å². The molecule has 1 saturated heterocycles. The molecule has 1 aliphatic heterocycles. The number of hydrogen-bond donors (Lipinski definition) is 1. The van der Waals surface area contributed by atoms with Crippen LogP contribution in [-0.2, 0) is 4.79 Å². The van der Waals surface area contributed by atoms with Crippen molar-refractivity contribution in [2.24, 2.45) is 0 Å². The summed E-state index contributed by atoms with van der Waals surface area (Å²) in [5.74, 6) is -0.0148. The number of nitro groups is 1. The van der Waals surface area contributed by atoms with Crippen molar-refractivity contribution in [2.75, 3.05) is 24.7 Å². The van der Waals surface area contributed by atoms with Crippen molar-refractivity contribution in [1.29, 1.82) is 0 Å². The van der Waals surface area contributed by atoms with Gasteiger partial charge in [0.15, 0.2) is 5.75 Å². The Hall–Kier alpha value is -2.29. The zero-order chi connectivity index (χ0) is 17.7. The standard InChI is InChI=1S/C15H18N2O6S/c1-2-23-13-4-3-10(7-12(13)17(21)22)15(20)16-5-6-24-9-11(16)8-14(18)19/h3-4,7,11H,2,5-6,8-9H2,1H3,(H,18,19). The minimum absolute atomic E-state index is 0.107. The van der Waals surface area contributed by atoms with E-state index < -0.39 is 22.8 Å². The van der Waals surface area contributed by atoms with Crippen LogP contribution in [-0.4, -0.2) is 57.5 Å². The SMILES string of the molecule is CCOc1ccc(C(=O)N2CCSCC2CC(=O)O)cc1[N+](=O)[O-]. The molecule has 1 N–H and O–H groups in total. The highest BCUT2D eigenvalue weighted by Gasteiger charge is 2.30. The summed E-state index contributed by atoms with van der Waals surface area (Å²) in [5.41, 5.74) is -0.115. The van der Waals surface area contributed by atoms with E-state index in [1.54, 1.807) is 18.7 Å². The number of thioether (sulfide) groups is 1.